The van der Waals surface area contributed by atoms with Crippen molar-refractivity contribution in [2.24, 2.45) is 10.6 Å². The molecule has 0 aliphatic carbocycles. The number of aromatic nitrogens is 3. The van der Waals surface area contributed by atoms with Crippen LogP contribution in [0, 0.1) is 5.41 Å². The van der Waals surface area contributed by atoms with Gasteiger partial charge in [-0.25, -0.2) is 23.1 Å². The Bertz CT molecular complexity index is 1540. The summed E-state index contributed by atoms with van der Waals surface area (Å²) in [5.41, 5.74) is 1.94. The summed E-state index contributed by atoms with van der Waals surface area (Å²) < 4.78 is 26.3. The number of benzene rings is 2. The quantitative estimate of drug-likeness (QED) is 0.383. The Morgan fingerprint density at radius 1 is 1.06 bits per heavy atom. The number of rotatable bonds is 5. The van der Waals surface area contributed by atoms with Gasteiger partial charge in [-0.1, -0.05) is 74.3 Å². The number of halogens is 2. The smallest absolute Gasteiger partial charge is 0.258 e. The molecule has 4 aromatic rings. The second kappa shape index (κ2) is 9.23. The first-order valence-corrected chi connectivity index (χ1v) is 12.9. The standard InChI is InChI=1S/C24H23Cl2N5O3S/c1-24(2,3)13-29-22(32)19-21-28-12-17(16-6-4-5-7-18(16)26)20(14-8-10-15(25)11-9-14)31(21)30-23(19)35(27,33)34/h4-12H,13H2,1-3H3,(H,29,32)(H2,27,33,34). The second-order valence-corrected chi connectivity index (χ2v) is 11.5. The van der Waals surface area contributed by atoms with E-state index in [2.05, 4.69) is 15.4 Å². The van der Waals surface area contributed by atoms with Gasteiger partial charge in [-0.2, -0.15) is 5.10 Å². The number of sulfonamides is 1. The van der Waals surface area contributed by atoms with Gasteiger partial charge in [0, 0.05) is 39.5 Å². The van der Waals surface area contributed by atoms with Crippen LogP contribution in [-0.4, -0.2) is 35.5 Å². The molecule has 0 spiro atoms. The van der Waals surface area contributed by atoms with Crippen LogP contribution in [0.25, 0.3) is 28.0 Å². The minimum absolute atomic E-state index is 0.0428. The monoisotopic (exact) mass is 531 g/mol. The zero-order valence-electron chi connectivity index (χ0n) is 19.2. The average molecular weight is 532 g/mol. The van der Waals surface area contributed by atoms with Crippen molar-refractivity contribution in [2.75, 3.05) is 6.54 Å². The molecule has 8 nitrogen and oxygen atoms in total. The van der Waals surface area contributed by atoms with E-state index in [4.69, 9.17) is 28.3 Å². The number of hydrogen-bond acceptors (Lipinski definition) is 5. The third-order valence-corrected chi connectivity index (χ3v) is 6.58. The number of amides is 1. The summed E-state index contributed by atoms with van der Waals surface area (Å²) in [6.07, 6.45) is 1.54. The highest BCUT2D eigenvalue weighted by molar-refractivity contribution is 7.89. The molecule has 3 N–H and O–H groups in total. The Morgan fingerprint density at radius 2 is 1.71 bits per heavy atom. The molecule has 11 heteroatoms. The van der Waals surface area contributed by atoms with Crippen molar-refractivity contribution in [3.05, 3.63) is 70.3 Å². The summed E-state index contributed by atoms with van der Waals surface area (Å²) in [7, 11) is -4.37. The maximum absolute atomic E-state index is 13.2. The van der Waals surface area contributed by atoms with Crippen LogP contribution >= 0.6 is 23.2 Å². The molecule has 4 rings (SSSR count). The van der Waals surface area contributed by atoms with Crippen LogP contribution in [0.2, 0.25) is 10.0 Å². The maximum Gasteiger partial charge on any atom is 0.258 e. The molecule has 0 saturated heterocycles. The molecule has 2 heterocycles. The Balaban J connectivity index is 2.07. The highest BCUT2D eigenvalue weighted by atomic mass is 35.5. The number of fused-ring (bicyclic) bond motifs is 1. The first kappa shape index (κ1) is 25.1. The van der Waals surface area contributed by atoms with E-state index in [0.29, 0.717) is 39.0 Å². The Hall–Kier alpha value is -2.98. The number of nitrogens with one attached hydrogen (secondary N) is 1. The maximum atomic E-state index is 13.2. The van der Waals surface area contributed by atoms with Crippen molar-refractivity contribution in [1.82, 2.24) is 19.9 Å². The largest absolute Gasteiger partial charge is 0.351 e. The fraction of sp³-hybridized carbons (Fsp3) is 0.208. The fourth-order valence-electron chi connectivity index (χ4n) is 3.56. The van der Waals surface area contributed by atoms with Gasteiger partial charge in [-0.3, -0.25) is 4.79 Å². The van der Waals surface area contributed by atoms with Gasteiger partial charge in [-0.05, 0) is 23.6 Å². The van der Waals surface area contributed by atoms with Crippen molar-refractivity contribution in [1.29, 1.82) is 0 Å². The van der Waals surface area contributed by atoms with Gasteiger partial charge in [-0.15, -0.1) is 0 Å². The van der Waals surface area contributed by atoms with E-state index < -0.39 is 21.0 Å². The lowest BCUT2D eigenvalue weighted by atomic mass is 9.97. The summed E-state index contributed by atoms with van der Waals surface area (Å²) in [6.45, 7) is 6.12. The van der Waals surface area contributed by atoms with Gasteiger partial charge in [0.2, 0.25) is 5.03 Å². The SMILES string of the molecule is CC(C)(C)CNC(=O)c1c(S(N)(=O)=O)nn2c(-c3ccc(Cl)cc3)c(-c3ccccc3Cl)cnc12. The van der Waals surface area contributed by atoms with E-state index in [1.807, 2.05) is 32.9 Å². The van der Waals surface area contributed by atoms with Crippen LogP contribution in [0.1, 0.15) is 31.1 Å². The van der Waals surface area contributed by atoms with Crippen molar-refractivity contribution in [3.63, 3.8) is 0 Å². The Kier molecular flexibility index (Phi) is 6.63. The highest BCUT2D eigenvalue weighted by Crippen LogP contribution is 2.37. The lowest BCUT2D eigenvalue weighted by Crippen LogP contribution is -2.33. The zero-order chi connectivity index (χ0) is 25.5. The summed E-state index contributed by atoms with van der Waals surface area (Å²) in [5, 5.41) is 12.9. The number of nitrogens with zero attached hydrogens (tertiary/aromatic N) is 3. The van der Waals surface area contributed by atoms with Crippen molar-refractivity contribution in [3.8, 4) is 22.4 Å². The van der Waals surface area contributed by atoms with Crippen LogP contribution in [0.5, 0.6) is 0 Å². The van der Waals surface area contributed by atoms with Gasteiger partial charge in [0.1, 0.15) is 5.56 Å². The average Bonchev–Trinajstić information content (AvgIpc) is 3.18. The highest BCUT2D eigenvalue weighted by Gasteiger charge is 2.30. The molecular formula is C24H23Cl2N5O3S. The van der Waals surface area contributed by atoms with E-state index in [9.17, 15) is 13.2 Å². The first-order chi connectivity index (χ1) is 16.4. The van der Waals surface area contributed by atoms with E-state index in [1.54, 1.807) is 36.4 Å². The molecule has 0 atom stereocenters. The number of carbonyl (C=O) groups excluding carboxylic acids is 1. The minimum atomic E-state index is -4.37. The van der Waals surface area contributed by atoms with E-state index in [0.717, 1.165) is 0 Å². The van der Waals surface area contributed by atoms with Gasteiger partial charge >= 0.3 is 0 Å². The lowest BCUT2D eigenvalue weighted by molar-refractivity contribution is 0.0937. The topological polar surface area (TPSA) is 119 Å². The molecule has 2 aromatic carbocycles. The molecule has 0 saturated carbocycles. The van der Waals surface area contributed by atoms with E-state index in [1.165, 1.54) is 10.7 Å². The van der Waals surface area contributed by atoms with Crippen LogP contribution in [0.4, 0.5) is 0 Å². The van der Waals surface area contributed by atoms with Crippen LogP contribution in [0.3, 0.4) is 0 Å². The minimum Gasteiger partial charge on any atom is -0.351 e. The van der Waals surface area contributed by atoms with Crippen molar-refractivity contribution < 1.29 is 13.2 Å². The van der Waals surface area contributed by atoms with Crippen LogP contribution in [0.15, 0.2) is 59.8 Å². The van der Waals surface area contributed by atoms with Gasteiger partial charge in [0.15, 0.2) is 5.65 Å². The lowest BCUT2D eigenvalue weighted by Gasteiger charge is -2.18. The molecule has 1 amide bonds. The van der Waals surface area contributed by atoms with E-state index >= 15 is 0 Å². The van der Waals surface area contributed by atoms with Crippen molar-refractivity contribution in [2.45, 2.75) is 25.8 Å². The molecule has 0 bridgehead atoms. The number of nitrogens with two attached hydrogens (primary N) is 1. The normalized spacial score (nSPS) is 12.2. The third-order valence-electron chi connectivity index (χ3n) is 5.17. The second-order valence-electron chi connectivity index (χ2n) is 9.21. The summed E-state index contributed by atoms with van der Waals surface area (Å²) in [4.78, 5) is 17.6. The van der Waals surface area contributed by atoms with Gasteiger partial charge in [0.05, 0.1) is 5.69 Å². The van der Waals surface area contributed by atoms with E-state index in [-0.39, 0.29) is 16.6 Å². The number of primary sulfonamides is 1. The molecule has 2 aromatic heterocycles. The number of hydrogen-bond donors (Lipinski definition) is 2. The molecule has 0 aliphatic heterocycles. The predicted molar refractivity (Wildman–Crippen MR) is 137 cm³/mol. The molecule has 182 valence electrons. The number of carbonyl (C=O) groups is 1. The summed E-state index contributed by atoms with van der Waals surface area (Å²) >= 11 is 12.6. The third kappa shape index (κ3) is 5.18. The summed E-state index contributed by atoms with van der Waals surface area (Å²) in [6, 6.07) is 14.1. The van der Waals surface area contributed by atoms with Gasteiger partial charge in [0.25, 0.3) is 15.9 Å². The molecule has 0 radical (unpaired) electrons. The molecular weight excluding hydrogens is 509 g/mol. The molecule has 0 fully saturated rings. The van der Waals surface area contributed by atoms with Crippen LogP contribution in [-0.2, 0) is 10.0 Å². The van der Waals surface area contributed by atoms with Crippen molar-refractivity contribution >= 4 is 44.8 Å². The Morgan fingerprint density at radius 3 is 2.31 bits per heavy atom. The van der Waals surface area contributed by atoms with Crippen LogP contribution < -0.4 is 10.5 Å². The van der Waals surface area contributed by atoms with Gasteiger partial charge < -0.3 is 5.32 Å². The molecule has 0 aliphatic rings. The molecule has 35 heavy (non-hydrogen) atoms. The Labute approximate surface area is 213 Å². The zero-order valence-corrected chi connectivity index (χ0v) is 21.5. The fourth-order valence-corrected chi connectivity index (χ4v) is 4.59. The molecule has 0 unspecified atom stereocenters. The predicted octanol–water partition coefficient (Wildman–Crippen LogP) is 4.79. The first-order valence-electron chi connectivity index (χ1n) is 10.6. The summed E-state index contributed by atoms with van der Waals surface area (Å²) in [5.74, 6) is -0.640.